The Labute approximate surface area is 144 Å². The molecule has 3 heterocycles. The molecule has 7 nitrogen and oxygen atoms in total. The number of rotatable bonds is 8. The van der Waals surface area contributed by atoms with Crippen LogP contribution < -0.4 is 5.73 Å². The van der Waals surface area contributed by atoms with Gasteiger partial charge in [-0.05, 0) is 31.4 Å². The zero-order valence-corrected chi connectivity index (χ0v) is 14.3. The summed E-state index contributed by atoms with van der Waals surface area (Å²) in [5, 5.41) is 9.34. The van der Waals surface area contributed by atoms with Gasteiger partial charge in [0.2, 0.25) is 5.91 Å². The molecule has 0 bridgehead atoms. The highest BCUT2D eigenvalue weighted by Crippen LogP contribution is 2.24. The summed E-state index contributed by atoms with van der Waals surface area (Å²) in [5.74, 6) is 2.09. The first-order valence-electron chi connectivity index (χ1n) is 8.19. The van der Waals surface area contributed by atoms with Crippen LogP contribution in [0.25, 0.3) is 0 Å². The molecule has 8 heteroatoms. The highest BCUT2D eigenvalue weighted by molar-refractivity contribution is 7.99. The second kappa shape index (κ2) is 8.34. The summed E-state index contributed by atoms with van der Waals surface area (Å²) in [6, 6.07) is 3.77. The number of hydrogen-bond acceptors (Lipinski definition) is 6. The number of amides is 1. The number of nitrogens with zero attached hydrogens (tertiary/aromatic N) is 3. The normalized spacial score (nSPS) is 17.9. The van der Waals surface area contributed by atoms with Crippen LogP contribution in [-0.4, -0.2) is 39.1 Å². The zero-order chi connectivity index (χ0) is 16.8. The summed E-state index contributed by atoms with van der Waals surface area (Å²) in [4.78, 5) is 11.1. The van der Waals surface area contributed by atoms with Crippen LogP contribution in [0.15, 0.2) is 28.0 Å². The highest BCUT2D eigenvalue weighted by atomic mass is 32.2. The first-order valence-corrected chi connectivity index (χ1v) is 9.18. The van der Waals surface area contributed by atoms with E-state index in [2.05, 4.69) is 10.2 Å². The van der Waals surface area contributed by atoms with Gasteiger partial charge in [-0.1, -0.05) is 11.8 Å². The fourth-order valence-corrected chi connectivity index (χ4v) is 3.69. The molecule has 1 fully saturated rings. The van der Waals surface area contributed by atoms with Crippen molar-refractivity contribution in [2.45, 2.75) is 49.9 Å². The molecule has 1 amide bonds. The van der Waals surface area contributed by atoms with Gasteiger partial charge in [0.15, 0.2) is 5.16 Å². The number of thioether (sulfide) groups is 1. The van der Waals surface area contributed by atoms with Crippen molar-refractivity contribution in [1.29, 1.82) is 0 Å². The molecule has 2 aromatic rings. The molecule has 0 spiro atoms. The summed E-state index contributed by atoms with van der Waals surface area (Å²) in [6.45, 7) is 1.39. The second-order valence-corrected chi connectivity index (χ2v) is 6.82. The predicted octanol–water partition coefficient (Wildman–Crippen LogP) is 2.00. The van der Waals surface area contributed by atoms with Gasteiger partial charge in [0.05, 0.1) is 18.9 Å². The van der Waals surface area contributed by atoms with Gasteiger partial charge in [-0.25, -0.2) is 0 Å². The van der Waals surface area contributed by atoms with Crippen molar-refractivity contribution in [1.82, 2.24) is 14.8 Å². The molecule has 2 N–H and O–H groups in total. The topological polar surface area (TPSA) is 96.2 Å². The van der Waals surface area contributed by atoms with E-state index in [4.69, 9.17) is 14.9 Å². The van der Waals surface area contributed by atoms with Crippen LogP contribution in [0.1, 0.15) is 37.3 Å². The maximum atomic E-state index is 11.1. The SMILES string of the molecule is NC(=O)CCc1nnc(SC[C@H]2CCCCO2)n1Cc1ccco1. The van der Waals surface area contributed by atoms with Crippen LogP contribution >= 0.6 is 11.8 Å². The number of hydrogen-bond donors (Lipinski definition) is 1. The van der Waals surface area contributed by atoms with Gasteiger partial charge in [-0.2, -0.15) is 0 Å². The standard InChI is InChI=1S/C16H22N4O3S/c17-14(21)6-7-15-18-19-16(20(15)10-12-5-3-9-22-12)24-11-13-4-1-2-8-23-13/h3,5,9,13H,1-2,4,6-8,10-11H2,(H2,17,21)/t13-/m1/s1. The molecule has 0 unspecified atom stereocenters. The number of aryl methyl sites for hydroxylation is 1. The van der Waals surface area contributed by atoms with E-state index >= 15 is 0 Å². The lowest BCUT2D eigenvalue weighted by molar-refractivity contribution is -0.118. The second-order valence-electron chi connectivity index (χ2n) is 5.83. The molecular weight excluding hydrogens is 328 g/mol. The summed E-state index contributed by atoms with van der Waals surface area (Å²) in [7, 11) is 0. The Morgan fingerprint density at radius 3 is 3.04 bits per heavy atom. The minimum Gasteiger partial charge on any atom is -0.467 e. The van der Waals surface area contributed by atoms with Gasteiger partial charge >= 0.3 is 0 Å². The van der Waals surface area contributed by atoms with Crippen LogP contribution in [0.2, 0.25) is 0 Å². The third-order valence-corrected chi connectivity index (χ3v) is 5.05. The Hall–Kier alpha value is -1.80. The average Bonchev–Trinajstić information content (AvgIpc) is 3.23. The third kappa shape index (κ3) is 4.61. The molecule has 1 saturated heterocycles. The Morgan fingerprint density at radius 1 is 1.42 bits per heavy atom. The van der Waals surface area contributed by atoms with Gasteiger partial charge < -0.3 is 14.9 Å². The van der Waals surface area contributed by atoms with E-state index in [1.54, 1.807) is 18.0 Å². The summed E-state index contributed by atoms with van der Waals surface area (Å²) in [5.41, 5.74) is 5.25. The van der Waals surface area contributed by atoms with Gasteiger partial charge in [0.1, 0.15) is 11.6 Å². The molecule has 0 aliphatic carbocycles. The molecule has 0 aromatic carbocycles. The predicted molar refractivity (Wildman–Crippen MR) is 89.7 cm³/mol. The Balaban J connectivity index is 1.70. The maximum Gasteiger partial charge on any atom is 0.217 e. The Morgan fingerprint density at radius 2 is 2.33 bits per heavy atom. The van der Waals surface area contributed by atoms with E-state index in [9.17, 15) is 4.79 Å². The maximum absolute atomic E-state index is 11.1. The van der Waals surface area contributed by atoms with Crippen LogP contribution in [0, 0.1) is 0 Å². The molecule has 1 aliphatic rings. The van der Waals surface area contributed by atoms with Crippen LogP contribution in [-0.2, 0) is 22.5 Å². The summed E-state index contributed by atoms with van der Waals surface area (Å²) < 4.78 is 13.2. The number of aromatic nitrogens is 3. The van der Waals surface area contributed by atoms with Gasteiger partial charge in [-0.3, -0.25) is 9.36 Å². The van der Waals surface area contributed by atoms with E-state index in [-0.39, 0.29) is 18.4 Å². The average molecular weight is 350 g/mol. The number of nitrogens with two attached hydrogens (primary N) is 1. The molecule has 130 valence electrons. The van der Waals surface area contributed by atoms with Crippen molar-refractivity contribution in [2.75, 3.05) is 12.4 Å². The minimum atomic E-state index is -0.340. The highest BCUT2D eigenvalue weighted by Gasteiger charge is 2.19. The van der Waals surface area contributed by atoms with E-state index in [0.29, 0.717) is 13.0 Å². The summed E-state index contributed by atoms with van der Waals surface area (Å²) in [6.07, 6.45) is 6.10. The van der Waals surface area contributed by atoms with Crippen molar-refractivity contribution < 1.29 is 13.9 Å². The molecule has 2 aromatic heterocycles. The molecule has 24 heavy (non-hydrogen) atoms. The first kappa shape index (κ1) is 17.0. The Bertz CT molecular complexity index is 650. The van der Waals surface area contributed by atoms with Crippen molar-refractivity contribution in [3.05, 3.63) is 30.0 Å². The molecular formula is C16H22N4O3S. The van der Waals surface area contributed by atoms with E-state index in [0.717, 1.165) is 41.9 Å². The number of carbonyl (C=O) groups excluding carboxylic acids is 1. The molecule has 3 rings (SSSR count). The Kier molecular flexibility index (Phi) is 5.92. The summed E-state index contributed by atoms with van der Waals surface area (Å²) >= 11 is 1.64. The van der Waals surface area contributed by atoms with Crippen molar-refractivity contribution in [3.63, 3.8) is 0 Å². The van der Waals surface area contributed by atoms with Crippen molar-refractivity contribution in [3.8, 4) is 0 Å². The lowest BCUT2D eigenvalue weighted by atomic mass is 10.1. The smallest absolute Gasteiger partial charge is 0.217 e. The number of primary amides is 1. The van der Waals surface area contributed by atoms with E-state index in [1.807, 2.05) is 16.7 Å². The molecule has 0 radical (unpaired) electrons. The lowest BCUT2D eigenvalue weighted by Gasteiger charge is -2.21. The fraction of sp³-hybridized carbons (Fsp3) is 0.562. The molecule has 1 aliphatic heterocycles. The number of carbonyl (C=O) groups is 1. The van der Waals surface area contributed by atoms with E-state index in [1.165, 1.54) is 6.42 Å². The van der Waals surface area contributed by atoms with Crippen LogP contribution in [0.5, 0.6) is 0 Å². The zero-order valence-electron chi connectivity index (χ0n) is 13.5. The van der Waals surface area contributed by atoms with Gasteiger partial charge in [-0.15, -0.1) is 10.2 Å². The quantitative estimate of drug-likeness (QED) is 0.732. The fourth-order valence-electron chi connectivity index (χ4n) is 2.67. The van der Waals surface area contributed by atoms with Crippen LogP contribution in [0.4, 0.5) is 0 Å². The number of furan rings is 1. The monoisotopic (exact) mass is 350 g/mol. The lowest BCUT2D eigenvalue weighted by Crippen LogP contribution is -2.21. The first-order chi connectivity index (χ1) is 11.7. The molecule has 0 saturated carbocycles. The molecule has 1 atom stereocenters. The van der Waals surface area contributed by atoms with Crippen molar-refractivity contribution in [2.24, 2.45) is 5.73 Å². The van der Waals surface area contributed by atoms with E-state index < -0.39 is 0 Å². The van der Waals surface area contributed by atoms with Gasteiger partial charge in [0.25, 0.3) is 0 Å². The number of ether oxygens (including phenoxy) is 1. The van der Waals surface area contributed by atoms with Crippen LogP contribution in [0.3, 0.4) is 0 Å². The minimum absolute atomic E-state index is 0.257. The third-order valence-electron chi connectivity index (χ3n) is 3.95. The van der Waals surface area contributed by atoms with Crippen molar-refractivity contribution >= 4 is 17.7 Å². The van der Waals surface area contributed by atoms with Gasteiger partial charge in [0, 0.05) is 25.2 Å². The largest absolute Gasteiger partial charge is 0.467 e.